The minimum Gasteiger partial charge on any atom is -0.494 e. The van der Waals surface area contributed by atoms with Crippen LogP contribution in [-0.4, -0.2) is 44.2 Å². The van der Waals surface area contributed by atoms with Crippen molar-refractivity contribution in [3.8, 4) is 17.0 Å². The van der Waals surface area contributed by atoms with Gasteiger partial charge in [-0.25, -0.2) is 13.8 Å². The van der Waals surface area contributed by atoms with Crippen LogP contribution < -0.4 is 10.1 Å². The smallest absolute Gasteiger partial charge is 0.277 e. The summed E-state index contributed by atoms with van der Waals surface area (Å²) in [4.78, 5) is 17.9. The Morgan fingerprint density at radius 2 is 1.97 bits per heavy atom. The fourth-order valence-corrected chi connectivity index (χ4v) is 4.05. The number of hydrogen-bond donors (Lipinski definition) is 1. The van der Waals surface area contributed by atoms with Gasteiger partial charge in [0.15, 0.2) is 5.75 Å². The summed E-state index contributed by atoms with van der Waals surface area (Å²) in [6.45, 7) is 7.19. The molecule has 1 N–H and O–H groups in total. The molecule has 11 heteroatoms. The maximum absolute atomic E-state index is 13.5. The number of rotatable bonds is 7. The lowest BCUT2D eigenvalue weighted by molar-refractivity contribution is 0.224. The van der Waals surface area contributed by atoms with Crippen LogP contribution in [-0.2, 0) is 19.9 Å². The lowest BCUT2D eigenvalue weighted by atomic mass is 10.1. The van der Waals surface area contributed by atoms with Crippen molar-refractivity contribution in [1.29, 1.82) is 0 Å². The first-order valence-electron chi connectivity index (χ1n) is 11.0. The Kier molecular flexibility index (Phi) is 6.08. The fraction of sp³-hybridized carbons (Fsp3) is 0.200. The molecule has 4 heterocycles. The van der Waals surface area contributed by atoms with Crippen LogP contribution in [0.4, 0.5) is 31.7 Å². The molecular weight excluding hydrogens is 466 g/mol. The summed E-state index contributed by atoms with van der Waals surface area (Å²) in [7, 11) is 3.27. The molecule has 0 fully saturated rings. The van der Waals surface area contributed by atoms with Crippen molar-refractivity contribution in [3.05, 3.63) is 77.2 Å². The first kappa shape index (κ1) is 23.0. The Bertz CT molecular complexity index is 1520. The summed E-state index contributed by atoms with van der Waals surface area (Å²) >= 11 is 0. The van der Waals surface area contributed by atoms with Crippen LogP contribution in [0.3, 0.4) is 0 Å². The number of aryl methyl sites for hydroxylation is 1. The highest BCUT2D eigenvalue weighted by Crippen LogP contribution is 2.41. The standard InChI is InChI=1S/C25H20F2N8O/c1-28-22-9-4-6-14(31-22)10-15-11-18(23-19(30-15)12-20(33-23)25(26)27)32-17-8-5-7-16(24(17)36-3)21-13-29-35(2)34-21/h4-9,11,13,25H,10,12H2,2-3H3,(H,30,32). The van der Waals surface area contributed by atoms with Gasteiger partial charge in [0.1, 0.15) is 17.1 Å². The third kappa shape index (κ3) is 4.48. The van der Waals surface area contributed by atoms with E-state index in [1.807, 2.05) is 18.2 Å². The number of alkyl halides is 2. The van der Waals surface area contributed by atoms with Gasteiger partial charge in [-0.05, 0) is 30.3 Å². The molecule has 1 aromatic carbocycles. The van der Waals surface area contributed by atoms with Gasteiger partial charge in [0, 0.05) is 19.0 Å². The van der Waals surface area contributed by atoms with Crippen LogP contribution in [0.2, 0.25) is 0 Å². The zero-order chi connectivity index (χ0) is 25.2. The van der Waals surface area contributed by atoms with Gasteiger partial charge in [0.25, 0.3) is 12.2 Å². The molecule has 0 atom stereocenters. The van der Waals surface area contributed by atoms with E-state index < -0.39 is 6.43 Å². The van der Waals surface area contributed by atoms with Crippen LogP contribution in [0.25, 0.3) is 16.1 Å². The van der Waals surface area contributed by atoms with Crippen LogP contribution in [0.5, 0.6) is 5.75 Å². The second-order valence-corrected chi connectivity index (χ2v) is 8.04. The molecule has 0 radical (unpaired) electrons. The normalized spacial score (nSPS) is 12.3. The second kappa shape index (κ2) is 9.50. The van der Waals surface area contributed by atoms with E-state index in [2.05, 4.69) is 35.3 Å². The van der Waals surface area contributed by atoms with Gasteiger partial charge in [0.2, 0.25) is 0 Å². The fourth-order valence-electron chi connectivity index (χ4n) is 4.05. The van der Waals surface area contributed by atoms with Gasteiger partial charge < -0.3 is 14.9 Å². The lowest BCUT2D eigenvalue weighted by Crippen LogP contribution is -2.10. The van der Waals surface area contributed by atoms with Crippen molar-refractivity contribution >= 4 is 28.6 Å². The molecular formula is C25H20F2N8O. The highest BCUT2D eigenvalue weighted by atomic mass is 19.3. The van der Waals surface area contributed by atoms with Gasteiger partial charge in [-0.15, -0.1) is 4.98 Å². The minimum absolute atomic E-state index is 0.0399. The number of pyridine rings is 2. The van der Waals surface area contributed by atoms with Crippen molar-refractivity contribution in [3.63, 3.8) is 0 Å². The van der Waals surface area contributed by atoms with E-state index in [9.17, 15) is 8.78 Å². The molecule has 1 aliphatic rings. The predicted octanol–water partition coefficient (Wildman–Crippen LogP) is 5.06. The molecule has 1 aliphatic heterocycles. The van der Waals surface area contributed by atoms with Gasteiger partial charge >= 0.3 is 0 Å². The summed E-state index contributed by atoms with van der Waals surface area (Å²) in [5, 5.41) is 11.8. The third-order valence-corrected chi connectivity index (χ3v) is 5.61. The number of methoxy groups -OCH3 is 1. The molecule has 0 amide bonds. The number of aliphatic imine (C=N–C) groups is 1. The average molecular weight is 486 g/mol. The maximum Gasteiger partial charge on any atom is 0.277 e. The summed E-state index contributed by atoms with van der Waals surface area (Å²) in [5.41, 5.74) is 4.32. The highest BCUT2D eigenvalue weighted by Gasteiger charge is 2.27. The zero-order valence-corrected chi connectivity index (χ0v) is 19.4. The average Bonchev–Trinajstić information content (AvgIpc) is 3.50. The number of halogens is 2. The first-order chi connectivity index (χ1) is 17.4. The molecule has 36 heavy (non-hydrogen) atoms. The van der Waals surface area contributed by atoms with Crippen molar-refractivity contribution < 1.29 is 13.5 Å². The van der Waals surface area contributed by atoms with E-state index >= 15 is 0 Å². The SMILES string of the molecule is [C-]#[N+]c1cccc(Cc2cc(Nc3cccc(-c4cnn(C)n4)c3OC)c3c(n2)CC(C(F)F)=N3)n1. The van der Waals surface area contributed by atoms with Crippen LogP contribution in [0, 0.1) is 6.57 Å². The van der Waals surface area contributed by atoms with E-state index in [1.165, 1.54) is 4.80 Å². The van der Waals surface area contributed by atoms with Crippen molar-refractivity contribution in [2.75, 3.05) is 12.4 Å². The number of hydrogen-bond acceptors (Lipinski definition) is 7. The second-order valence-electron chi connectivity index (χ2n) is 8.04. The minimum atomic E-state index is -2.68. The van der Waals surface area contributed by atoms with Gasteiger partial charge in [-0.2, -0.15) is 15.0 Å². The molecule has 0 saturated carbocycles. The number of benzene rings is 1. The first-order valence-corrected chi connectivity index (χ1v) is 11.0. The molecule has 0 bridgehead atoms. The Morgan fingerprint density at radius 3 is 2.69 bits per heavy atom. The van der Waals surface area contributed by atoms with Crippen LogP contribution >= 0.6 is 0 Å². The summed E-state index contributed by atoms with van der Waals surface area (Å²) < 4.78 is 32.7. The Labute approximate surface area is 205 Å². The Balaban J connectivity index is 1.56. The summed E-state index contributed by atoms with van der Waals surface area (Å²) in [6.07, 6.45) is -0.761. The van der Waals surface area contributed by atoms with Crippen LogP contribution in [0.15, 0.2) is 53.7 Å². The topological polar surface area (TPSA) is 94.5 Å². The number of para-hydroxylation sites is 1. The number of nitrogens with one attached hydrogen (secondary N) is 1. The third-order valence-electron chi connectivity index (χ3n) is 5.61. The summed E-state index contributed by atoms with van der Waals surface area (Å²) in [6, 6.07) is 12.5. The summed E-state index contributed by atoms with van der Waals surface area (Å²) in [5.74, 6) is 0.800. The molecule has 3 aromatic heterocycles. The van der Waals surface area contributed by atoms with E-state index in [-0.39, 0.29) is 18.0 Å². The largest absolute Gasteiger partial charge is 0.494 e. The van der Waals surface area contributed by atoms with Gasteiger partial charge in [-0.3, -0.25) is 4.98 Å². The Morgan fingerprint density at radius 1 is 1.14 bits per heavy atom. The molecule has 0 saturated heterocycles. The molecule has 0 aliphatic carbocycles. The molecule has 0 unspecified atom stereocenters. The Hall–Kier alpha value is -4.72. The molecule has 9 nitrogen and oxygen atoms in total. The highest BCUT2D eigenvalue weighted by molar-refractivity contribution is 5.98. The molecule has 4 aromatic rings. The van der Waals surface area contributed by atoms with E-state index in [1.54, 1.807) is 44.6 Å². The quantitative estimate of drug-likeness (QED) is 0.367. The lowest BCUT2D eigenvalue weighted by Gasteiger charge is -2.16. The monoisotopic (exact) mass is 486 g/mol. The van der Waals surface area contributed by atoms with Crippen molar-refractivity contribution in [2.45, 2.75) is 19.3 Å². The van der Waals surface area contributed by atoms with Crippen molar-refractivity contribution in [1.82, 2.24) is 25.0 Å². The number of aromatic nitrogens is 5. The molecule has 180 valence electrons. The predicted molar refractivity (Wildman–Crippen MR) is 131 cm³/mol. The number of nitrogens with zero attached hydrogens (tertiary/aromatic N) is 7. The zero-order valence-electron chi connectivity index (χ0n) is 19.4. The molecule has 0 spiro atoms. The van der Waals surface area contributed by atoms with E-state index in [0.29, 0.717) is 52.0 Å². The van der Waals surface area contributed by atoms with Crippen molar-refractivity contribution in [2.24, 2.45) is 12.0 Å². The number of fused-ring (bicyclic) bond motifs is 1. The van der Waals surface area contributed by atoms with Gasteiger partial charge in [0.05, 0.1) is 48.2 Å². The number of ether oxygens (including phenoxy) is 1. The van der Waals surface area contributed by atoms with E-state index in [4.69, 9.17) is 11.3 Å². The maximum atomic E-state index is 13.5. The molecule has 5 rings (SSSR count). The van der Waals surface area contributed by atoms with Gasteiger partial charge in [-0.1, -0.05) is 18.7 Å². The number of anilines is 2. The van der Waals surface area contributed by atoms with E-state index in [0.717, 1.165) is 5.56 Å². The van der Waals surface area contributed by atoms with Crippen LogP contribution in [0.1, 0.15) is 17.1 Å².